The fraction of sp³-hybridized carbons (Fsp3) is 0.261. The Labute approximate surface area is 212 Å². The number of hydrogen-bond acceptors (Lipinski definition) is 6. The molecular formula is C23H18BrClF3NO6. The van der Waals surface area contributed by atoms with Crippen LogP contribution in [0.5, 0.6) is 0 Å². The molecule has 0 bridgehead atoms. The first-order valence-electron chi connectivity index (χ1n) is 9.78. The second-order valence-corrected chi connectivity index (χ2v) is 8.04. The smallest absolute Gasteiger partial charge is 0.465 e. The van der Waals surface area contributed by atoms with Gasteiger partial charge in [-0.3, -0.25) is 4.79 Å². The van der Waals surface area contributed by atoms with Gasteiger partial charge in [0.15, 0.2) is 6.10 Å². The number of benzene rings is 2. The molecule has 0 aromatic heterocycles. The Morgan fingerprint density at radius 1 is 1.20 bits per heavy atom. The summed E-state index contributed by atoms with van der Waals surface area (Å²) in [4.78, 5) is 35.5. The highest BCUT2D eigenvalue weighted by Crippen LogP contribution is 2.31. The van der Waals surface area contributed by atoms with Gasteiger partial charge in [-0.1, -0.05) is 29.7 Å². The third kappa shape index (κ3) is 7.63. The summed E-state index contributed by atoms with van der Waals surface area (Å²) in [5, 5.41) is 1.74. The average Bonchev–Trinajstić information content (AvgIpc) is 2.78. The first-order valence-corrected chi connectivity index (χ1v) is 11.0. The number of rotatable bonds is 5. The van der Waals surface area contributed by atoms with Crippen molar-refractivity contribution in [1.82, 2.24) is 0 Å². The Balaban J connectivity index is 2.57. The molecule has 1 atom stereocenters. The molecule has 0 saturated carbocycles. The summed E-state index contributed by atoms with van der Waals surface area (Å²) >= 11 is 9.11. The number of ether oxygens (including phenoxy) is 3. The Hall–Kier alpha value is -3.23. The number of esters is 1. The number of aryl methyl sites for hydroxylation is 1. The van der Waals surface area contributed by atoms with Gasteiger partial charge in [-0.2, -0.15) is 13.2 Å². The number of halogens is 5. The highest BCUT2D eigenvalue weighted by Gasteiger charge is 2.39. The number of carbonyl (C=O) groups excluding carboxylic acids is 3. The van der Waals surface area contributed by atoms with E-state index in [9.17, 15) is 27.6 Å². The summed E-state index contributed by atoms with van der Waals surface area (Å²) in [7, 11) is 1.20. The van der Waals surface area contributed by atoms with Crippen LogP contribution >= 0.6 is 27.5 Å². The van der Waals surface area contributed by atoms with Gasteiger partial charge in [-0.05, 0) is 59.5 Å². The molecule has 1 unspecified atom stereocenters. The van der Waals surface area contributed by atoms with Gasteiger partial charge < -0.3 is 19.5 Å². The summed E-state index contributed by atoms with van der Waals surface area (Å²) in [5.74, 6) is 2.36. The second kappa shape index (κ2) is 12.0. The Morgan fingerprint density at radius 2 is 1.89 bits per heavy atom. The first-order chi connectivity index (χ1) is 16.4. The van der Waals surface area contributed by atoms with Crippen LogP contribution in [-0.2, 0) is 19.0 Å². The van der Waals surface area contributed by atoms with Crippen LogP contribution in [0, 0.1) is 18.8 Å². The van der Waals surface area contributed by atoms with Crippen LogP contribution in [0.15, 0.2) is 34.8 Å². The lowest BCUT2D eigenvalue weighted by molar-refractivity contribution is -0.167. The maximum Gasteiger partial charge on any atom is 0.509 e. The Kier molecular flexibility index (Phi) is 9.56. The van der Waals surface area contributed by atoms with E-state index >= 15 is 0 Å². The average molecular weight is 577 g/mol. The minimum Gasteiger partial charge on any atom is -0.465 e. The van der Waals surface area contributed by atoms with E-state index in [1.54, 1.807) is 31.3 Å². The summed E-state index contributed by atoms with van der Waals surface area (Å²) in [6.07, 6.45) is -7.50. The molecule has 0 aliphatic carbocycles. The summed E-state index contributed by atoms with van der Waals surface area (Å²) < 4.78 is 53.4. The molecule has 0 spiro atoms. The van der Waals surface area contributed by atoms with Crippen molar-refractivity contribution < 1.29 is 41.8 Å². The molecule has 2 aromatic carbocycles. The van der Waals surface area contributed by atoms with Crippen LogP contribution in [-0.4, -0.2) is 37.9 Å². The zero-order valence-corrected chi connectivity index (χ0v) is 20.9. The topological polar surface area (TPSA) is 90.9 Å². The molecule has 1 amide bonds. The van der Waals surface area contributed by atoms with Gasteiger partial charge in [0.2, 0.25) is 0 Å². The van der Waals surface area contributed by atoms with Crippen LogP contribution < -0.4 is 5.32 Å². The molecule has 0 heterocycles. The fourth-order valence-electron chi connectivity index (χ4n) is 2.65. The van der Waals surface area contributed by atoms with E-state index in [4.69, 9.17) is 25.8 Å². The van der Waals surface area contributed by atoms with Crippen LogP contribution in [0.1, 0.15) is 40.1 Å². The minimum atomic E-state index is -5.15. The quantitative estimate of drug-likeness (QED) is 0.349. The number of carbonyl (C=O) groups is 3. The second-order valence-electron chi connectivity index (χ2n) is 6.78. The summed E-state index contributed by atoms with van der Waals surface area (Å²) in [6.45, 7) is 3.24. The van der Waals surface area contributed by atoms with Crippen molar-refractivity contribution in [3.05, 3.63) is 62.1 Å². The summed E-state index contributed by atoms with van der Waals surface area (Å²) in [5.41, 5.74) is 0.669. The standard InChI is InChI=1S/C23H18BrClF3NO6/c1-4-34-22(32)35-19(14-6-5-12(2)15(9-14)20(30)33-3)8-7-13-10-16(24)17(25)11-18(13)29-21(31)23(26,27)28/h5-6,9-11,19H,4H2,1-3H3,(H,29,31). The number of amides is 1. The molecule has 0 fully saturated rings. The molecule has 1 N–H and O–H groups in total. The van der Waals surface area contributed by atoms with E-state index in [2.05, 4.69) is 27.8 Å². The number of anilines is 1. The Morgan fingerprint density at radius 3 is 2.49 bits per heavy atom. The molecular weight excluding hydrogens is 559 g/mol. The van der Waals surface area contributed by atoms with E-state index in [1.807, 2.05) is 0 Å². The van der Waals surface area contributed by atoms with Crippen LogP contribution in [0.4, 0.5) is 23.7 Å². The van der Waals surface area contributed by atoms with Crippen molar-refractivity contribution >= 4 is 51.3 Å². The van der Waals surface area contributed by atoms with Crippen molar-refractivity contribution in [3.63, 3.8) is 0 Å². The van der Waals surface area contributed by atoms with E-state index in [1.165, 1.54) is 19.2 Å². The fourth-order valence-corrected chi connectivity index (χ4v) is 3.16. The van der Waals surface area contributed by atoms with Gasteiger partial charge in [0.05, 0.1) is 30.0 Å². The molecule has 0 saturated heterocycles. The van der Waals surface area contributed by atoms with Crippen molar-refractivity contribution in [1.29, 1.82) is 0 Å². The summed E-state index contributed by atoms with van der Waals surface area (Å²) in [6, 6.07) is 6.91. The highest BCUT2D eigenvalue weighted by atomic mass is 79.9. The predicted molar refractivity (Wildman–Crippen MR) is 124 cm³/mol. The Bertz CT molecular complexity index is 1210. The lowest BCUT2D eigenvalue weighted by Gasteiger charge is -2.15. The van der Waals surface area contributed by atoms with Gasteiger partial charge in [-0.25, -0.2) is 9.59 Å². The maximum atomic E-state index is 12.8. The normalized spacial score (nSPS) is 11.5. The molecule has 0 radical (unpaired) electrons. The van der Waals surface area contributed by atoms with E-state index in [0.29, 0.717) is 10.0 Å². The van der Waals surface area contributed by atoms with Crippen molar-refractivity contribution in [3.8, 4) is 11.8 Å². The maximum absolute atomic E-state index is 12.8. The largest absolute Gasteiger partial charge is 0.509 e. The van der Waals surface area contributed by atoms with Crippen molar-refractivity contribution in [2.45, 2.75) is 26.1 Å². The zero-order valence-electron chi connectivity index (χ0n) is 18.5. The highest BCUT2D eigenvalue weighted by molar-refractivity contribution is 9.10. The van der Waals surface area contributed by atoms with E-state index < -0.39 is 30.3 Å². The van der Waals surface area contributed by atoms with E-state index in [-0.39, 0.29) is 34.0 Å². The van der Waals surface area contributed by atoms with Gasteiger partial charge in [-0.15, -0.1) is 0 Å². The van der Waals surface area contributed by atoms with Crippen molar-refractivity contribution in [2.75, 3.05) is 19.0 Å². The monoisotopic (exact) mass is 575 g/mol. The van der Waals surface area contributed by atoms with Gasteiger partial charge in [0.25, 0.3) is 0 Å². The van der Waals surface area contributed by atoms with Crippen LogP contribution in [0.2, 0.25) is 5.02 Å². The minimum absolute atomic E-state index is 0.0119. The molecule has 2 aromatic rings. The molecule has 0 aliphatic heterocycles. The third-order valence-electron chi connectivity index (χ3n) is 4.35. The number of alkyl halides is 3. The first kappa shape index (κ1) is 28.0. The lowest BCUT2D eigenvalue weighted by Crippen LogP contribution is -2.30. The number of hydrogen-bond donors (Lipinski definition) is 1. The van der Waals surface area contributed by atoms with Gasteiger partial charge in [0.1, 0.15) is 0 Å². The molecule has 186 valence electrons. The third-order valence-corrected chi connectivity index (χ3v) is 5.55. The molecule has 35 heavy (non-hydrogen) atoms. The van der Waals surface area contributed by atoms with Crippen LogP contribution in [0.3, 0.4) is 0 Å². The predicted octanol–water partition coefficient (Wildman–Crippen LogP) is 5.96. The molecule has 12 heteroatoms. The molecule has 7 nitrogen and oxygen atoms in total. The molecule has 2 rings (SSSR count). The number of methoxy groups -OCH3 is 1. The lowest BCUT2D eigenvalue weighted by atomic mass is 10.0. The van der Waals surface area contributed by atoms with Gasteiger partial charge >= 0.3 is 24.2 Å². The SMILES string of the molecule is CCOC(=O)OC(C#Cc1cc(Br)c(Cl)cc1NC(=O)C(F)(F)F)c1ccc(C)c(C(=O)OC)c1. The van der Waals surface area contributed by atoms with E-state index in [0.717, 1.165) is 6.07 Å². The molecule has 0 aliphatic rings. The van der Waals surface area contributed by atoms with Crippen molar-refractivity contribution in [2.24, 2.45) is 0 Å². The number of nitrogens with one attached hydrogen (secondary N) is 1. The van der Waals surface area contributed by atoms with Gasteiger partial charge in [0, 0.05) is 15.6 Å². The zero-order chi connectivity index (χ0) is 26.3. The van der Waals surface area contributed by atoms with Crippen LogP contribution in [0.25, 0.3) is 0 Å².